The van der Waals surface area contributed by atoms with Gasteiger partial charge >= 0.3 is 0 Å². The molecule has 1 saturated heterocycles. The number of aryl methyl sites for hydroxylation is 1. The van der Waals surface area contributed by atoms with Gasteiger partial charge in [0.1, 0.15) is 17.1 Å². The lowest BCUT2D eigenvalue weighted by Gasteiger charge is -2.34. The van der Waals surface area contributed by atoms with Crippen molar-refractivity contribution in [3.8, 4) is 5.75 Å². The molecule has 4 rings (SSSR count). The number of carbonyl (C=O) groups is 2. The van der Waals surface area contributed by atoms with Gasteiger partial charge in [0.05, 0.1) is 12.7 Å². The van der Waals surface area contributed by atoms with Crippen molar-refractivity contribution in [2.75, 3.05) is 33.3 Å². The fraction of sp³-hybridized carbons (Fsp3) is 0.286. The highest BCUT2D eigenvalue weighted by atomic mass is 16.5. The fourth-order valence-electron chi connectivity index (χ4n) is 3.45. The summed E-state index contributed by atoms with van der Waals surface area (Å²) in [6.07, 6.45) is 3.65. The number of benzene rings is 1. The molecule has 3 heterocycles. The van der Waals surface area contributed by atoms with E-state index in [0.717, 1.165) is 11.2 Å². The summed E-state index contributed by atoms with van der Waals surface area (Å²) in [5, 5.41) is 0. The largest absolute Gasteiger partial charge is 0.496 e. The van der Waals surface area contributed by atoms with Gasteiger partial charge in [-0.3, -0.25) is 9.59 Å². The van der Waals surface area contributed by atoms with Crippen LogP contribution in [0.5, 0.6) is 5.75 Å². The Kier molecular flexibility index (Phi) is 4.73. The normalized spacial score (nSPS) is 14.4. The van der Waals surface area contributed by atoms with Gasteiger partial charge < -0.3 is 18.9 Å². The van der Waals surface area contributed by atoms with Crippen LogP contribution in [0.25, 0.3) is 5.65 Å². The average Bonchev–Trinajstić information content (AvgIpc) is 3.16. The van der Waals surface area contributed by atoms with Crippen LogP contribution < -0.4 is 4.74 Å². The molecule has 7 heteroatoms. The minimum atomic E-state index is -0.106. The van der Waals surface area contributed by atoms with Gasteiger partial charge in [-0.15, -0.1) is 0 Å². The molecule has 0 unspecified atom stereocenters. The molecular formula is C21H22N4O3. The lowest BCUT2D eigenvalue weighted by atomic mass is 10.1. The van der Waals surface area contributed by atoms with Crippen LogP contribution in [0.4, 0.5) is 0 Å². The predicted octanol–water partition coefficient (Wildman–Crippen LogP) is 2.25. The number of amides is 2. The SMILES string of the molecule is COc1ccccc1C(=O)N1CCN(C(=O)c2cn3ccc(C)cc3n2)CC1. The van der Waals surface area contributed by atoms with Crippen molar-refractivity contribution in [2.45, 2.75) is 6.92 Å². The Labute approximate surface area is 163 Å². The van der Waals surface area contributed by atoms with E-state index in [2.05, 4.69) is 4.98 Å². The second kappa shape index (κ2) is 7.34. The van der Waals surface area contributed by atoms with Crippen molar-refractivity contribution < 1.29 is 14.3 Å². The highest BCUT2D eigenvalue weighted by Crippen LogP contribution is 2.20. The number of para-hydroxylation sites is 1. The third-order valence-corrected chi connectivity index (χ3v) is 5.03. The molecule has 0 atom stereocenters. The van der Waals surface area contributed by atoms with Crippen LogP contribution in [0.2, 0.25) is 0 Å². The van der Waals surface area contributed by atoms with Gasteiger partial charge in [-0.2, -0.15) is 0 Å². The summed E-state index contributed by atoms with van der Waals surface area (Å²) in [7, 11) is 1.55. The molecule has 2 amide bonds. The molecule has 1 aliphatic heterocycles. The Bertz CT molecular complexity index is 1040. The highest BCUT2D eigenvalue weighted by Gasteiger charge is 2.27. The fourth-order valence-corrected chi connectivity index (χ4v) is 3.45. The molecule has 1 aromatic carbocycles. The number of carbonyl (C=O) groups excluding carboxylic acids is 2. The molecule has 1 aliphatic rings. The van der Waals surface area contributed by atoms with Crippen LogP contribution in [-0.4, -0.2) is 64.3 Å². The number of rotatable bonds is 3. The summed E-state index contributed by atoms with van der Waals surface area (Å²) < 4.78 is 7.14. The number of nitrogens with zero attached hydrogens (tertiary/aromatic N) is 4. The van der Waals surface area contributed by atoms with E-state index in [-0.39, 0.29) is 11.8 Å². The third kappa shape index (κ3) is 3.31. The number of hydrogen-bond acceptors (Lipinski definition) is 4. The van der Waals surface area contributed by atoms with Crippen molar-refractivity contribution in [2.24, 2.45) is 0 Å². The van der Waals surface area contributed by atoms with Gasteiger partial charge in [-0.25, -0.2) is 4.98 Å². The number of ether oxygens (including phenoxy) is 1. The molecule has 0 spiro atoms. The zero-order valence-corrected chi connectivity index (χ0v) is 16.0. The lowest BCUT2D eigenvalue weighted by molar-refractivity contribution is 0.0531. The van der Waals surface area contributed by atoms with E-state index in [1.54, 1.807) is 35.2 Å². The summed E-state index contributed by atoms with van der Waals surface area (Å²) >= 11 is 0. The molecule has 0 bridgehead atoms. The third-order valence-electron chi connectivity index (χ3n) is 5.03. The van der Waals surface area contributed by atoms with Crippen LogP contribution in [0.3, 0.4) is 0 Å². The highest BCUT2D eigenvalue weighted by molar-refractivity contribution is 5.97. The minimum Gasteiger partial charge on any atom is -0.496 e. The first-order valence-electron chi connectivity index (χ1n) is 9.24. The van der Waals surface area contributed by atoms with E-state index >= 15 is 0 Å². The Balaban J connectivity index is 1.44. The quantitative estimate of drug-likeness (QED) is 0.701. The van der Waals surface area contributed by atoms with Crippen molar-refractivity contribution in [3.63, 3.8) is 0 Å². The molecule has 0 saturated carbocycles. The molecule has 1 fully saturated rings. The van der Waals surface area contributed by atoms with Crippen LogP contribution in [0, 0.1) is 6.92 Å². The number of fused-ring (bicyclic) bond motifs is 1. The second-order valence-electron chi connectivity index (χ2n) is 6.88. The van der Waals surface area contributed by atoms with Gasteiger partial charge in [-0.1, -0.05) is 12.1 Å². The minimum absolute atomic E-state index is 0.0762. The van der Waals surface area contributed by atoms with E-state index in [1.807, 2.05) is 41.8 Å². The van der Waals surface area contributed by atoms with Gasteiger partial charge in [0.2, 0.25) is 0 Å². The molecule has 3 aromatic rings. The topological polar surface area (TPSA) is 67.2 Å². The Morgan fingerprint density at radius 3 is 2.39 bits per heavy atom. The lowest BCUT2D eigenvalue weighted by Crippen LogP contribution is -2.50. The first kappa shape index (κ1) is 18.0. The average molecular weight is 378 g/mol. The van der Waals surface area contributed by atoms with Gasteiger partial charge in [0.15, 0.2) is 0 Å². The number of piperazine rings is 1. The van der Waals surface area contributed by atoms with Crippen molar-refractivity contribution in [3.05, 3.63) is 65.6 Å². The zero-order valence-electron chi connectivity index (χ0n) is 16.0. The number of methoxy groups -OCH3 is 1. The number of aromatic nitrogens is 2. The molecular weight excluding hydrogens is 356 g/mol. The Hall–Kier alpha value is -3.35. The molecule has 0 aliphatic carbocycles. The van der Waals surface area contributed by atoms with E-state index in [1.165, 1.54) is 0 Å². The van der Waals surface area contributed by atoms with Gasteiger partial charge in [0.25, 0.3) is 11.8 Å². The number of pyridine rings is 1. The summed E-state index contributed by atoms with van der Waals surface area (Å²) in [6, 6.07) is 11.1. The maximum Gasteiger partial charge on any atom is 0.274 e. The summed E-state index contributed by atoms with van der Waals surface area (Å²) in [4.78, 5) is 33.6. The monoisotopic (exact) mass is 378 g/mol. The Morgan fingerprint density at radius 1 is 1.00 bits per heavy atom. The molecule has 0 radical (unpaired) electrons. The van der Waals surface area contributed by atoms with Crippen LogP contribution in [0.15, 0.2) is 48.8 Å². The summed E-state index contributed by atoms with van der Waals surface area (Å²) in [6.45, 7) is 3.91. The molecule has 144 valence electrons. The van der Waals surface area contributed by atoms with Crippen LogP contribution >= 0.6 is 0 Å². The van der Waals surface area contributed by atoms with Gasteiger partial charge in [-0.05, 0) is 36.8 Å². The molecule has 2 aromatic heterocycles. The second-order valence-corrected chi connectivity index (χ2v) is 6.88. The standard InChI is InChI=1S/C21H22N4O3/c1-15-7-8-25-14-17(22-19(25)13-15)21(27)24-11-9-23(10-12-24)20(26)16-5-3-4-6-18(16)28-2/h3-8,13-14H,9-12H2,1-2H3. The van der Waals surface area contributed by atoms with Gasteiger partial charge in [0, 0.05) is 38.6 Å². The number of hydrogen-bond donors (Lipinski definition) is 0. The first-order chi connectivity index (χ1) is 13.6. The molecule has 0 N–H and O–H groups in total. The smallest absolute Gasteiger partial charge is 0.274 e. The summed E-state index contributed by atoms with van der Waals surface area (Å²) in [5.41, 5.74) is 2.82. The zero-order chi connectivity index (χ0) is 19.7. The van der Waals surface area contributed by atoms with Crippen LogP contribution in [0.1, 0.15) is 26.4 Å². The van der Waals surface area contributed by atoms with E-state index in [0.29, 0.717) is 43.2 Å². The maximum absolute atomic E-state index is 12.8. The van der Waals surface area contributed by atoms with Crippen molar-refractivity contribution in [1.29, 1.82) is 0 Å². The Morgan fingerprint density at radius 2 is 1.68 bits per heavy atom. The van der Waals surface area contributed by atoms with Crippen LogP contribution in [-0.2, 0) is 0 Å². The predicted molar refractivity (Wildman–Crippen MR) is 105 cm³/mol. The van der Waals surface area contributed by atoms with Crippen molar-refractivity contribution >= 4 is 17.5 Å². The van der Waals surface area contributed by atoms with Crippen molar-refractivity contribution in [1.82, 2.24) is 19.2 Å². The van der Waals surface area contributed by atoms with E-state index < -0.39 is 0 Å². The molecule has 7 nitrogen and oxygen atoms in total. The first-order valence-corrected chi connectivity index (χ1v) is 9.24. The van der Waals surface area contributed by atoms with E-state index in [9.17, 15) is 9.59 Å². The number of imidazole rings is 1. The maximum atomic E-state index is 12.8. The summed E-state index contributed by atoms with van der Waals surface area (Å²) in [5.74, 6) is 0.379. The van der Waals surface area contributed by atoms with E-state index in [4.69, 9.17) is 4.74 Å². The molecule has 28 heavy (non-hydrogen) atoms.